The molecule has 0 saturated carbocycles. The summed E-state index contributed by atoms with van der Waals surface area (Å²) in [5, 5.41) is 5.65. The van der Waals surface area contributed by atoms with Gasteiger partial charge in [0.1, 0.15) is 0 Å². The van der Waals surface area contributed by atoms with E-state index in [-0.39, 0.29) is 0 Å². The molecule has 0 saturated heterocycles. The smallest absolute Gasteiger partial charge is 0.0701 e. The second-order valence-corrected chi connectivity index (χ2v) is 5.93. The van der Waals surface area contributed by atoms with E-state index >= 15 is 0 Å². The van der Waals surface area contributed by atoms with Gasteiger partial charge in [-0.2, -0.15) is 0 Å². The number of halogens is 1. The van der Waals surface area contributed by atoms with Crippen LogP contribution in [0.15, 0.2) is 39.8 Å². The van der Waals surface area contributed by atoms with Crippen LogP contribution in [-0.2, 0) is 6.54 Å². The lowest BCUT2D eigenvalue weighted by Crippen LogP contribution is -2.17. The lowest BCUT2D eigenvalue weighted by molar-refractivity contribution is 0.575. The normalized spacial score (nSPS) is 12.6. The van der Waals surface area contributed by atoms with E-state index in [1.54, 1.807) is 11.3 Å². The maximum Gasteiger partial charge on any atom is 0.0701 e. The van der Waals surface area contributed by atoms with Crippen LogP contribution < -0.4 is 5.32 Å². The Morgan fingerprint density at radius 2 is 2.19 bits per heavy atom. The zero-order chi connectivity index (χ0) is 11.4. The third-order valence-corrected chi connectivity index (χ3v) is 3.99. The molecule has 84 valence electrons. The molecule has 2 rings (SSSR count). The fourth-order valence-corrected chi connectivity index (χ4v) is 2.69. The molecular formula is C12H13BrN2S. The molecule has 1 atom stereocenters. The Bertz CT molecular complexity index is 441. The number of hydrogen-bond acceptors (Lipinski definition) is 3. The Labute approximate surface area is 108 Å². The van der Waals surface area contributed by atoms with Gasteiger partial charge in [0.2, 0.25) is 0 Å². The van der Waals surface area contributed by atoms with Gasteiger partial charge in [-0.05, 0) is 57.6 Å². The van der Waals surface area contributed by atoms with Crippen LogP contribution in [0.3, 0.4) is 0 Å². The molecular weight excluding hydrogens is 284 g/mol. The van der Waals surface area contributed by atoms with E-state index in [0.717, 1.165) is 6.54 Å². The number of nitrogens with zero attached hydrogens (tertiary/aromatic N) is 1. The molecule has 2 nitrogen and oxygen atoms in total. The standard InChI is InChI=1S/C12H13BrN2S/c1-9(11-2-4-14-5-3-11)15-7-10-6-12(13)16-8-10/h2-6,8-9,15H,7H2,1H3/t9-/m0/s1. The summed E-state index contributed by atoms with van der Waals surface area (Å²) in [7, 11) is 0. The van der Waals surface area contributed by atoms with E-state index in [1.807, 2.05) is 24.5 Å². The first kappa shape index (κ1) is 11.8. The quantitative estimate of drug-likeness (QED) is 0.929. The highest BCUT2D eigenvalue weighted by atomic mass is 79.9. The van der Waals surface area contributed by atoms with Gasteiger partial charge in [-0.25, -0.2) is 0 Å². The monoisotopic (exact) mass is 296 g/mol. The zero-order valence-corrected chi connectivity index (χ0v) is 11.4. The summed E-state index contributed by atoms with van der Waals surface area (Å²) >= 11 is 5.19. The first-order valence-corrected chi connectivity index (χ1v) is 6.79. The third kappa shape index (κ3) is 3.14. The SMILES string of the molecule is C[C@H](NCc1csc(Br)c1)c1ccncc1. The summed E-state index contributed by atoms with van der Waals surface area (Å²) in [4.78, 5) is 4.02. The highest BCUT2D eigenvalue weighted by Gasteiger charge is 2.04. The van der Waals surface area contributed by atoms with Gasteiger partial charge in [0.25, 0.3) is 0 Å². The molecule has 0 aliphatic carbocycles. The molecule has 0 aliphatic heterocycles. The molecule has 2 aromatic heterocycles. The molecule has 0 radical (unpaired) electrons. The van der Waals surface area contributed by atoms with Crippen LogP contribution in [0.4, 0.5) is 0 Å². The average Bonchev–Trinajstić information content (AvgIpc) is 2.73. The van der Waals surface area contributed by atoms with E-state index < -0.39 is 0 Å². The van der Waals surface area contributed by atoms with Crippen molar-refractivity contribution in [2.24, 2.45) is 0 Å². The van der Waals surface area contributed by atoms with Crippen LogP contribution in [0.1, 0.15) is 24.1 Å². The van der Waals surface area contributed by atoms with Gasteiger partial charge >= 0.3 is 0 Å². The molecule has 0 aliphatic rings. The minimum absolute atomic E-state index is 0.349. The van der Waals surface area contributed by atoms with Gasteiger partial charge in [0.15, 0.2) is 0 Å². The third-order valence-electron chi connectivity index (χ3n) is 2.44. The Kier molecular flexibility index (Phi) is 4.09. The van der Waals surface area contributed by atoms with Crippen molar-refractivity contribution >= 4 is 27.3 Å². The lowest BCUT2D eigenvalue weighted by Gasteiger charge is -2.13. The molecule has 16 heavy (non-hydrogen) atoms. The zero-order valence-electron chi connectivity index (χ0n) is 8.98. The Balaban J connectivity index is 1.91. The van der Waals surface area contributed by atoms with Crippen molar-refractivity contribution in [3.8, 4) is 0 Å². The first-order valence-electron chi connectivity index (χ1n) is 5.12. The van der Waals surface area contributed by atoms with Gasteiger partial charge in [-0.3, -0.25) is 4.98 Å². The molecule has 1 N–H and O–H groups in total. The average molecular weight is 297 g/mol. The van der Waals surface area contributed by atoms with Gasteiger partial charge in [-0.1, -0.05) is 0 Å². The van der Waals surface area contributed by atoms with Crippen LogP contribution in [0, 0.1) is 0 Å². The molecule has 2 aromatic rings. The van der Waals surface area contributed by atoms with E-state index in [9.17, 15) is 0 Å². The van der Waals surface area contributed by atoms with Crippen molar-refractivity contribution in [2.45, 2.75) is 19.5 Å². The van der Waals surface area contributed by atoms with Crippen LogP contribution in [-0.4, -0.2) is 4.98 Å². The molecule has 0 bridgehead atoms. The van der Waals surface area contributed by atoms with Crippen LogP contribution in [0.25, 0.3) is 0 Å². The number of rotatable bonds is 4. The Morgan fingerprint density at radius 1 is 1.44 bits per heavy atom. The first-order chi connectivity index (χ1) is 7.75. The van der Waals surface area contributed by atoms with Crippen molar-refractivity contribution in [2.75, 3.05) is 0 Å². The fraction of sp³-hybridized carbons (Fsp3) is 0.250. The highest BCUT2D eigenvalue weighted by molar-refractivity contribution is 9.11. The highest BCUT2D eigenvalue weighted by Crippen LogP contribution is 2.21. The predicted octanol–water partition coefficient (Wildman–Crippen LogP) is 3.76. The largest absolute Gasteiger partial charge is 0.306 e. The summed E-state index contributed by atoms with van der Waals surface area (Å²) in [5.74, 6) is 0. The summed E-state index contributed by atoms with van der Waals surface area (Å²) < 4.78 is 1.18. The second-order valence-electron chi connectivity index (χ2n) is 3.64. The van der Waals surface area contributed by atoms with Crippen LogP contribution in [0.2, 0.25) is 0 Å². The van der Waals surface area contributed by atoms with Gasteiger partial charge in [-0.15, -0.1) is 11.3 Å². The van der Waals surface area contributed by atoms with E-state index in [1.165, 1.54) is 14.9 Å². The van der Waals surface area contributed by atoms with Crippen molar-refractivity contribution in [3.63, 3.8) is 0 Å². The minimum Gasteiger partial charge on any atom is -0.306 e. The molecule has 0 fully saturated rings. The van der Waals surface area contributed by atoms with Crippen molar-refractivity contribution in [1.82, 2.24) is 10.3 Å². The van der Waals surface area contributed by atoms with E-state index in [2.05, 4.69) is 44.6 Å². The van der Waals surface area contributed by atoms with Crippen molar-refractivity contribution < 1.29 is 0 Å². The maximum absolute atomic E-state index is 4.02. The van der Waals surface area contributed by atoms with E-state index in [0.29, 0.717) is 6.04 Å². The predicted molar refractivity (Wildman–Crippen MR) is 71.5 cm³/mol. The van der Waals surface area contributed by atoms with E-state index in [4.69, 9.17) is 0 Å². The Morgan fingerprint density at radius 3 is 2.81 bits per heavy atom. The molecule has 4 heteroatoms. The topological polar surface area (TPSA) is 24.9 Å². The van der Waals surface area contributed by atoms with Crippen LogP contribution in [0.5, 0.6) is 0 Å². The number of hydrogen-bond donors (Lipinski definition) is 1. The molecule has 2 heterocycles. The maximum atomic E-state index is 4.02. The van der Waals surface area contributed by atoms with Gasteiger partial charge < -0.3 is 5.32 Å². The number of thiophene rings is 1. The minimum atomic E-state index is 0.349. The fourth-order valence-electron chi connectivity index (χ4n) is 1.48. The Hall–Kier alpha value is -0.710. The lowest BCUT2D eigenvalue weighted by atomic mass is 10.1. The second kappa shape index (κ2) is 5.57. The van der Waals surface area contributed by atoms with Crippen LogP contribution >= 0.6 is 27.3 Å². The summed E-state index contributed by atoms with van der Waals surface area (Å²) in [6.45, 7) is 3.06. The van der Waals surface area contributed by atoms with Gasteiger partial charge in [0.05, 0.1) is 3.79 Å². The number of aromatic nitrogens is 1. The molecule has 0 amide bonds. The van der Waals surface area contributed by atoms with Crippen molar-refractivity contribution in [1.29, 1.82) is 0 Å². The summed E-state index contributed by atoms with van der Waals surface area (Å²) in [6.07, 6.45) is 3.66. The number of pyridine rings is 1. The summed E-state index contributed by atoms with van der Waals surface area (Å²) in [6, 6.07) is 6.58. The summed E-state index contributed by atoms with van der Waals surface area (Å²) in [5.41, 5.74) is 2.59. The van der Waals surface area contributed by atoms with Crippen molar-refractivity contribution in [3.05, 3.63) is 50.9 Å². The number of nitrogens with one attached hydrogen (secondary N) is 1. The molecule has 0 aromatic carbocycles. The van der Waals surface area contributed by atoms with Gasteiger partial charge in [0, 0.05) is 25.0 Å². The molecule has 0 unspecified atom stereocenters. The molecule has 0 spiro atoms.